The summed E-state index contributed by atoms with van der Waals surface area (Å²) in [5.74, 6) is 1.27. The highest BCUT2D eigenvalue weighted by Gasteiger charge is 2.34. The largest absolute Gasteiger partial charge is 0.445 e. The minimum Gasteiger partial charge on any atom is -0.445 e. The highest BCUT2D eigenvalue weighted by atomic mass is 35.5. The molecule has 2 atom stereocenters. The van der Waals surface area contributed by atoms with Gasteiger partial charge in [-0.25, -0.2) is 0 Å². The zero-order valence-corrected chi connectivity index (χ0v) is 9.10. The Kier molecular flexibility index (Phi) is 2.56. The van der Waals surface area contributed by atoms with Crippen molar-refractivity contribution < 1.29 is 9.15 Å². The molecule has 1 aliphatic rings. The smallest absolute Gasteiger partial charge is 0.193 e. The summed E-state index contributed by atoms with van der Waals surface area (Å²) < 4.78 is 11.1. The summed E-state index contributed by atoms with van der Waals surface area (Å²) >= 11 is 5.72. The highest BCUT2D eigenvalue weighted by Crippen LogP contribution is 2.29. The molecular weight excluding hydrogens is 202 g/mol. The van der Waals surface area contributed by atoms with Gasteiger partial charge in [-0.2, -0.15) is 0 Å². The van der Waals surface area contributed by atoms with Crippen LogP contribution in [-0.2, 0) is 10.5 Å². The first-order valence-electron chi connectivity index (χ1n) is 4.75. The molecule has 2 rings (SSSR count). The van der Waals surface area contributed by atoms with E-state index in [4.69, 9.17) is 20.8 Å². The molecule has 0 aromatic carbocycles. The van der Waals surface area contributed by atoms with Gasteiger partial charge in [0.2, 0.25) is 0 Å². The van der Waals surface area contributed by atoms with E-state index < -0.39 is 5.72 Å². The van der Waals surface area contributed by atoms with Crippen LogP contribution in [0, 0.1) is 5.92 Å². The number of furan rings is 1. The van der Waals surface area contributed by atoms with Crippen molar-refractivity contribution in [2.24, 2.45) is 5.92 Å². The average molecular weight is 216 g/mol. The summed E-state index contributed by atoms with van der Waals surface area (Å²) in [7, 11) is 0. The van der Waals surface area contributed by atoms with Gasteiger partial charge in [-0.15, -0.1) is 0 Å². The van der Waals surface area contributed by atoms with Crippen molar-refractivity contribution >= 4 is 11.6 Å². The Morgan fingerprint density at radius 1 is 1.57 bits per heavy atom. The Bertz CT molecular complexity index is 316. The molecule has 0 aliphatic carbocycles. The zero-order chi connectivity index (χ0) is 10.2. The van der Waals surface area contributed by atoms with E-state index in [2.05, 4.69) is 12.2 Å². The van der Waals surface area contributed by atoms with Gasteiger partial charge in [0.05, 0.1) is 6.61 Å². The molecule has 2 unspecified atom stereocenters. The van der Waals surface area contributed by atoms with Crippen LogP contribution in [0.5, 0.6) is 0 Å². The SMILES string of the molecule is CC1CNC(C)(c2ccc(Cl)o2)OC1. The molecule has 1 aromatic heterocycles. The van der Waals surface area contributed by atoms with Gasteiger partial charge in [0.1, 0.15) is 0 Å². The van der Waals surface area contributed by atoms with Crippen molar-refractivity contribution in [3.8, 4) is 0 Å². The third kappa shape index (κ3) is 1.80. The fraction of sp³-hybridized carbons (Fsp3) is 0.600. The molecule has 1 saturated heterocycles. The zero-order valence-electron chi connectivity index (χ0n) is 8.34. The number of ether oxygens (including phenoxy) is 1. The second kappa shape index (κ2) is 3.57. The Labute approximate surface area is 88.4 Å². The van der Waals surface area contributed by atoms with E-state index in [9.17, 15) is 0 Å². The highest BCUT2D eigenvalue weighted by molar-refractivity contribution is 6.28. The Morgan fingerprint density at radius 3 is 2.86 bits per heavy atom. The van der Waals surface area contributed by atoms with Crippen molar-refractivity contribution in [3.05, 3.63) is 23.1 Å². The van der Waals surface area contributed by atoms with E-state index >= 15 is 0 Å². The van der Waals surface area contributed by atoms with Crippen LogP contribution in [-0.4, -0.2) is 13.2 Å². The molecule has 0 saturated carbocycles. The average Bonchev–Trinajstić information content (AvgIpc) is 2.58. The molecule has 2 heterocycles. The number of hydrogen-bond donors (Lipinski definition) is 1. The van der Waals surface area contributed by atoms with Gasteiger partial charge in [0.25, 0.3) is 0 Å². The predicted octanol–water partition coefficient (Wildman–Crippen LogP) is 2.36. The summed E-state index contributed by atoms with van der Waals surface area (Å²) in [6.07, 6.45) is 0. The van der Waals surface area contributed by atoms with Gasteiger partial charge in [0.15, 0.2) is 16.7 Å². The summed E-state index contributed by atoms with van der Waals surface area (Å²) in [4.78, 5) is 0. The molecule has 0 spiro atoms. The monoisotopic (exact) mass is 215 g/mol. The second-order valence-electron chi connectivity index (χ2n) is 3.93. The van der Waals surface area contributed by atoms with Crippen molar-refractivity contribution in [1.29, 1.82) is 0 Å². The predicted molar refractivity (Wildman–Crippen MR) is 54.2 cm³/mol. The van der Waals surface area contributed by atoms with Crippen LogP contribution in [0.3, 0.4) is 0 Å². The van der Waals surface area contributed by atoms with E-state index in [1.54, 1.807) is 6.07 Å². The quantitative estimate of drug-likeness (QED) is 0.781. The molecule has 1 fully saturated rings. The maximum Gasteiger partial charge on any atom is 0.193 e. The minimum atomic E-state index is -0.528. The van der Waals surface area contributed by atoms with Crippen LogP contribution in [0.25, 0.3) is 0 Å². The summed E-state index contributed by atoms with van der Waals surface area (Å²) in [6.45, 7) is 5.76. The van der Waals surface area contributed by atoms with Crippen molar-refractivity contribution in [2.75, 3.05) is 13.2 Å². The van der Waals surface area contributed by atoms with Crippen LogP contribution in [0.15, 0.2) is 16.5 Å². The van der Waals surface area contributed by atoms with E-state index in [1.165, 1.54) is 0 Å². The van der Waals surface area contributed by atoms with Crippen LogP contribution in [0.4, 0.5) is 0 Å². The lowest BCUT2D eigenvalue weighted by molar-refractivity contribution is -0.118. The van der Waals surface area contributed by atoms with Gasteiger partial charge in [-0.1, -0.05) is 6.92 Å². The first kappa shape index (κ1) is 10.0. The molecule has 3 nitrogen and oxygen atoms in total. The molecule has 14 heavy (non-hydrogen) atoms. The third-order valence-electron chi connectivity index (χ3n) is 2.49. The summed E-state index contributed by atoms with van der Waals surface area (Å²) in [5, 5.41) is 3.69. The Morgan fingerprint density at radius 2 is 2.36 bits per heavy atom. The molecule has 1 N–H and O–H groups in total. The van der Waals surface area contributed by atoms with E-state index in [0.717, 1.165) is 18.9 Å². The Hall–Kier alpha value is -0.510. The van der Waals surface area contributed by atoms with Crippen molar-refractivity contribution in [3.63, 3.8) is 0 Å². The molecule has 4 heteroatoms. The third-order valence-corrected chi connectivity index (χ3v) is 2.69. The van der Waals surface area contributed by atoms with Gasteiger partial charge >= 0.3 is 0 Å². The van der Waals surface area contributed by atoms with Gasteiger partial charge in [-0.05, 0) is 36.6 Å². The van der Waals surface area contributed by atoms with Gasteiger partial charge in [-0.3, -0.25) is 5.32 Å². The molecule has 1 aromatic rings. The van der Waals surface area contributed by atoms with Crippen molar-refractivity contribution in [2.45, 2.75) is 19.6 Å². The van der Waals surface area contributed by atoms with Crippen LogP contribution in [0.2, 0.25) is 5.22 Å². The minimum absolute atomic E-state index is 0.394. The van der Waals surface area contributed by atoms with Crippen LogP contribution >= 0.6 is 11.6 Å². The number of nitrogens with one attached hydrogen (secondary N) is 1. The van der Waals surface area contributed by atoms with E-state index in [-0.39, 0.29) is 0 Å². The summed E-state index contributed by atoms with van der Waals surface area (Å²) in [6, 6.07) is 3.57. The molecule has 78 valence electrons. The molecular formula is C10H14ClNO2. The second-order valence-corrected chi connectivity index (χ2v) is 4.31. The first-order chi connectivity index (χ1) is 6.60. The Balaban J connectivity index is 2.16. The standard InChI is InChI=1S/C10H14ClNO2/c1-7-5-12-10(2,13-6-7)8-3-4-9(11)14-8/h3-4,7,12H,5-6H2,1-2H3. The molecule has 0 amide bonds. The van der Waals surface area contributed by atoms with Crippen LogP contribution in [0.1, 0.15) is 19.6 Å². The lowest BCUT2D eigenvalue weighted by atomic mass is 10.1. The van der Waals surface area contributed by atoms with E-state index in [0.29, 0.717) is 11.1 Å². The number of hydrogen-bond acceptors (Lipinski definition) is 3. The fourth-order valence-electron chi connectivity index (χ4n) is 1.52. The van der Waals surface area contributed by atoms with Crippen molar-refractivity contribution in [1.82, 2.24) is 5.32 Å². The van der Waals surface area contributed by atoms with Crippen LogP contribution < -0.4 is 5.32 Å². The maximum atomic E-state index is 5.72. The normalized spacial score (nSPS) is 33.2. The molecule has 1 aliphatic heterocycles. The van der Waals surface area contributed by atoms with E-state index in [1.807, 2.05) is 13.0 Å². The first-order valence-corrected chi connectivity index (χ1v) is 5.13. The molecule has 0 bridgehead atoms. The van der Waals surface area contributed by atoms with Gasteiger partial charge in [0, 0.05) is 6.54 Å². The number of halogens is 1. The summed E-state index contributed by atoms with van der Waals surface area (Å²) in [5.41, 5.74) is -0.528. The topological polar surface area (TPSA) is 34.4 Å². The number of rotatable bonds is 1. The van der Waals surface area contributed by atoms with Gasteiger partial charge < -0.3 is 9.15 Å². The lowest BCUT2D eigenvalue weighted by Gasteiger charge is -2.36. The lowest BCUT2D eigenvalue weighted by Crippen LogP contribution is -2.49. The maximum absolute atomic E-state index is 5.72. The molecule has 0 radical (unpaired) electrons. The fourth-order valence-corrected chi connectivity index (χ4v) is 1.66.